The van der Waals surface area contributed by atoms with Crippen molar-refractivity contribution < 1.29 is 4.39 Å². The Labute approximate surface area is 101 Å². The van der Waals surface area contributed by atoms with E-state index in [0.717, 1.165) is 12.8 Å². The van der Waals surface area contributed by atoms with E-state index in [0.29, 0.717) is 17.9 Å². The first-order valence-electron chi connectivity index (χ1n) is 5.79. The molecule has 1 aromatic carbocycles. The third-order valence-corrected chi connectivity index (χ3v) is 4.05. The molecule has 0 radical (unpaired) electrons. The molecule has 1 aliphatic carbocycles. The summed E-state index contributed by atoms with van der Waals surface area (Å²) in [6.45, 7) is 2.20. The minimum atomic E-state index is -0.331. The molecular weight excluding hydrogens is 225 g/mol. The van der Waals surface area contributed by atoms with E-state index >= 15 is 0 Å². The molecule has 0 amide bonds. The lowest BCUT2D eigenvalue weighted by Crippen LogP contribution is -2.47. The van der Waals surface area contributed by atoms with Gasteiger partial charge in [0.05, 0.1) is 5.02 Å². The highest BCUT2D eigenvalue weighted by molar-refractivity contribution is 6.30. The first kappa shape index (κ1) is 11.9. The summed E-state index contributed by atoms with van der Waals surface area (Å²) in [7, 11) is 2.00. The van der Waals surface area contributed by atoms with Crippen LogP contribution in [-0.4, -0.2) is 13.1 Å². The van der Waals surface area contributed by atoms with E-state index in [1.165, 1.54) is 11.6 Å². The molecule has 1 N–H and O–H groups in total. The van der Waals surface area contributed by atoms with Crippen LogP contribution in [0.1, 0.15) is 31.2 Å². The largest absolute Gasteiger partial charge is 0.317 e. The van der Waals surface area contributed by atoms with Gasteiger partial charge < -0.3 is 5.32 Å². The number of halogens is 2. The zero-order valence-corrected chi connectivity index (χ0v) is 10.4. The van der Waals surface area contributed by atoms with Crippen LogP contribution in [0.5, 0.6) is 0 Å². The quantitative estimate of drug-likeness (QED) is 0.853. The van der Waals surface area contributed by atoms with E-state index in [1.807, 2.05) is 13.1 Å². The lowest BCUT2D eigenvalue weighted by atomic mass is 9.65. The van der Waals surface area contributed by atoms with Gasteiger partial charge in [0.15, 0.2) is 0 Å². The molecule has 0 heterocycles. The van der Waals surface area contributed by atoms with Gasteiger partial charge in [0.1, 0.15) is 5.82 Å². The summed E-state index contributed by atoms with van der Waals surface area (Å²) in [6, 6.07) is 5.70. The molecule has 0 saturated heterocycles. The molecule has 0 aromatic heterocycles. The zero-order valence-electron chi connectivity index (χ0n) is 9.63. The van der Waals surface area contributed by atoms with Crippen LogP contribution >= 0.6 is 11.6 Å². The van der Waals surface area contributed by atoms with Gasteiger partial charge in [-0.3, -0.25) is 0 Å². The van der Waals surface area contributed by atoms with Crippen molar-refractivity contribution in [2.75, 3.05) is 7.05 Å². The van der Waals surface area contributed by atoms with Crippen LogP contribution in [0, 0.1) is 11.7 Å². The van der Waals surface area contributed by atoms with Crippen molar-refractivity contribution in [2.45, 2.75) is 31.7 Å². The Hall–Kier alpha value is -0.600. The number of benzene rings is 1. The summed E-state index contributed by atoms with van der Waals surface area (Å²) in [6.07, 6.45) is 2.27. The molecule has 88 valence electrons. The van der Waals surface area contributed by atoms with Crippen LogP contribution in [0.25, 0.3) is 0 Å². The number of hydrogen-bond donors (Lipinski definition) is 1. The van der Waals surface area contributed by atoms with Gasteiger partial charge in [-0.1, -0.05) is 31.0 Å². The minimum Gasteiger partial charge on any atom is -0.317 e. The molecule has 1 fully saturated rings. The second-order valence-corrected chi connectivity index (χ2v) is 4.89. The van der Waals surface area contributed by atoms with Gasteiger partial charge in [-0.25, -0.2) is 4.39 Å². The third kappa shape index (κ3) is 1.96. The molecule has 0 aliphatic heterocycles. The van der Waals surface area contributed by atoms with Crippen molar-refractivity contribution in [3.8, 4) is 0 Å². The topological polar surface area (TPSA) is 12.0 Å². The van der Waals surface area contributed by atoms with Crippen LogP contribution in [0.3, 0.4) is 0 Å². The van der Waals surface area contributed by atoms with Gasteiger partial charge >= 0.3 is 0 Å². The highest BCUT2D eigenvalue weighted by Gasteiger charge is 2.39. The van der Waals surface area contributed by atoms with Gasteiger partial charge in [-0.15, -0.1) is 0 Å². The lowest BCUT2D eigenvalue weighted by Gasteiger charge is -2.45. The maximum Gasteiger partial charge on any atom is 0.141 e. The summed E-state index contributed by atoms with van der Waals surface area (Å²) < 4.78 is 13.1. The zero-order chi connectivity index (χ0) is 11.7. The Kier molecular flexibility index (Phi) is 3.50. The van der Waals surface area contributed by atoms with E-state index in [9.17, 15) is 4.39 Å². The van der Waals surface area contributed by atoms with Gasteiger partial charge in [-0.05, 0) is 43.0 Å². The maximum atomic E-state index is 13.1. The van der Waals surface area contributed by atoms with Crippen LogP contribution in [0.4, 0.5) is 4.39 Å². The summed E-state index contributed by atoms with van der Waals surface area (Å²) in [5, 5.41) is 3.56. The molecule has 1 saturated carbocycles. The third-order valence-electron chi connectivity index (χ3n) is 3.76. The molecule has 3 unspecified atom stereocenters. The average molecular weight is 242 g/mol. The molecule has 0 bridgehead atoms. The predicted molar refractivity (Wildman–Crippen MR) is 65.4 cm³/mol. The molecule has 2 rings (SSSR count). The second-order valence-electron chi connectivity index (χ2n) is 4.48. The summed E-state index contributed by atoms with van der Waals surface area (Å²) in [5.74, 6) is 0.843. The summed E-state index contributed by atoms with van der Waals surface area (Å²) in [5.41, 5.74) is 1.17. The smallest absolute Gasteiger partial charge is 0.141 e. The molecule has 0 spiro atoms. The Balaban J connectivity index is 2.16. The van der Waals surface area contributed by atoms with Gasteiger partial charge in [0.25, 0.3) is 0 Å². The monoisotopic (exact) mass is 241 g/mol. The van der Waals surface area contributed by atoms with Crippen LogP contribution in [0.15, 0.2) is 18.2 Å². The summed E-state index contributed by atoms with van der Waals surface area (Å²) in [4.78, 5) is 0. The highest BCUT2D eigenvalue weighted by atomic mass is 35.5. The van der Waals surface area contributed by atoms with E-state index in [2.05, 4.69) is 12.2 Å². The van der Waals surface area contributed by atoms with E-state index in [-0.39, 0.29) is 10.8 Å². The Morgan fingerprint density at radius 1 is 1.50 bits per heavy atom. The van der Waals surface area contributed by atoms with Crippen LogP contribution < -0.4 is 5.32 Å². The first-order valence-corrected chi connectivity index (χ1v) is 6.17. The number of rotatable bonds is 3. The van der Waals surface area contributed by atoms with Crippen LogP contribution in [-0.2, 0) is 0 Å². The highest BCUT2D eigenvalue weighted by Crippen LogP contribution is 2.45. The standard InChI is InChI=1S/C13H17ClFN/c1-3-9-10(7-13(9)16-2)8-4-5-12(15)11(14)6-8/h4-6,9-10,13,16H,3,7H2,1-2H3. The van der Waals surface area contributed by atoms with Crippen molar-refractivity contribution in [1.29, 1.82) is 0 Å². The SMILES string of the molecule is CCC1C(NC)CC1c1ccc(F)c(Cl)c1. The van der Waals surface area contributed by atoms with E-state index in [1.54, 1.807) is 6.07 Å². The van der Waals surface area contributed by atoms with Crippen molar-refractivity contribution >= 4 is 11.6 Å². The molecule has 16 heavy (non-hydrogen) atoms. The van der Waals surface area contributed by atoms with Crippen molar-refractivity contribution in [3.63, 3.8) is 0 Å². The van der Waals surface area contributed by atoms with E-state index < -0.39 is 0 Å². The fourth-order valence-corrected chi connectivity index (χ4v) is 2.92. The minimum absolute atomic E-state index is 0.236. The molecule has 1 aliphatic rings. The van der Waals surface area contributed by atoms with Gasteiger partial charge in [-0.2, -0.15) is 0 Å². The second kappa shape index (κ2) is 4.72. The fraction of sp³-hybridized carbons (Fsp3) is 0.538. The van der Waals surface area contributed by atoms with Crippen molar-refractivity contribution in [2.24, 2.45) is 5.92 Å². The molecular formula is C13H17ClFN. The van der Waals surface area contributed by atoms with Crippen molar-refractivity contribution in [1.82, 2.24) is 5.32 Å². The maximum absolute atomic E-state index is 13.1. The van der Waals surface area contributed by atoms with Crippen molar-refractivity contribution in [3.05, 3.63) is 34.6 Å². The molecule has 1 nitrogen and oxygen atoms in total. The Morgan fingerprint density at radius 3 is 2.81 bits per heavy atom. The molecule has 3 atom stereocenters. The van der Waals surface area contributed by atoms with Gasteiger partial charge in [0, 0.05) is 6.04 Å². The molecule has 1 aromatic rings. The Bertz CT molecular complexity index is 380. The fourth-order valence-electron chi connectivity index (χ4n) is 2.73. The molecule has 3 heteroatoms. The van der Waals surface area contributed by atoms with E-state index in [4.69, 9.17) is 11.6 Å². The normalized spacial score (nSPS) is 28.9. The number of nitrogens with one attached hydrogen (secondary N) is 1. The number of hydrogen-bond acceptors (Lipinski definition) is 1. The summed E-state index contributed by atoms with van der Waals surface area (Å²) >= 11 is 5.81. The van der Waals surface area contributed by atoms with Gasteiger partial charge in [0.2, 0.25) is 0 Å². The average Bonchev–Trinajstić information content (AvgIpc) is 2.23. The lowest BCUT2D eigenvalue weighted by molar-refractivity contribution is 0.169. The predicted octanol–water partition coefficient (Wildman–Crippen LogP) is 3.58. The first-order chi connectivity index (χ1) is 7.67. The van der Waals surface area contributed by atoms with Crippen LogP contribution in [0.2, 0.25) is 5.02 Å². The Morgan fingerprint density at radius 2 is 2.25 bits per heavy atom.